The molecule has 1 aromatic carbocycles. The van der Waals surface area contributed by atoms with Crippen LogP contribution in [0.4, 0.5) is 5.69 Å². The fourth-order valence-corrected chi connectivity index (χ4v) is 2.37. The third-order valence-electron chi connectivity index (χ3n) is 3.68. The Morgan fingerprint density at radius 1 is 1.20 bits per heavy atom. The SMILES string of the molecule is O=C(NC1CC1)c1cccc(NC(=O)[C@@H]2CCCN2)c1. The summed E-state index contributed by atoms with van der Waals surface area (Å²) in [5.41, 5.74) is 1.27. The zero-order valence-corrected chi connectivity index (χ0v) is 11.3. The van der Waals surface area contributed by atoms with Crippen LogP contribution >= 0.6 is 0 Å². The first-order chi connectivity index (χ1) is 9.72. The van der Waals surface area contributed by atoms with Crippen LogP contribution in [-0.2, 0) is 4.79 Å². The maximum absolute atomic E-state index is 12.0. The third-order valence-corrected chi connectivity index (χ3v) is 3.68. The molecule has 1 aliphatic carbocycles. The van der Waals surface area contributed by atoms with E-state index >= 15 is 0 Å². The standard InChI is InChI=1S/C15H19N3O2/c19-14(17-11-6-7-11)10-3-1-4-12(9-10)18-15(20)13-5-2-8-16-13/h1,3-4,9,11,13,16H,2,5-8H2,(H,17,19)(H,18,20)/t13-/m0/s1. The van der Waals surface area contributed by atoms with Gasteiger partial charge in [0.2, 0.25) is 5.91 Å². The van der Waals surface area contributed by atoms with Gasteiger partial charge in [-0.1, -0.05) is 6.07 Å². The van der Waals surface area contributed by atoms with Crippen molar-refractivity contribution in [2.45, 2.75) is 37.8 Å². The number of hydrogen-bond donors (Lipinski definition) is 3. The molecular weight excluding hydrogens is 254 g/mol. The summed E-state index contributed by atoms with van der Waals surface area (Å²) in [4.78, 5) is 24.0. The second-order valence-electron chi connectivity index (χ2n) is 5.47. The van der Waals surface area contributed by atoms with Gasteiger partial charge in [0.15, 0.2) is 0 Å². The Morgan fingerprint density at radius 2 is 2.05 bits per heavy atom. The second kappa shape index (κ2) is 5.63. The lowest BCUT2D eigenvalue weighted by Crippen LogP contribution is -2.35. The highest BCUT2D eigenvalue weighted by Crippen LogP contribution is 2.20. The van der Waals surface area contributed by atoms with Gasteiger partial charge >= 0.3 is 0 Å². The lowest BCUT2D eigenvalue weighted by Gasteiger charge is -2.12. The van der Waals surface area contributed by atoms with E-state index in [9.17, 15) is 9.59 Å². The van der Waals surface area contributed by atoms with Gasteiger partial charge in [-0.25, -0.2) is 0 Å². The Labute approximate surface area is 118 Å². The monoisotopic (exact) mass is 273 g/mol. The number of nitrogens with one attached hydrogen (secondary N) is 3. The molecule has 3 N–H and O–H groups in total. The van der Waals surface area contributed by atoms with E-state index in [4.69, 9.17) is 0 Å². The van der Waals surface area contributed by atoms with E-state index in [0.717, 1.165) is 32.2 Å². The number of rotatable bonds is 4. The molecule has 0 spiro atoms. The summed E-state index contributed by atoms with van der Waals surface area (Å²) in [6, 6.07) is 7.31. The number of carbonyl (C=O) groups excluding carboxylic acids is 2. The van der Waals surface area contributed by atoms with Crippen molar-refractivity contribution >= 4 is 17.5 Å². The molecule has 0 unspecified atom stereocenters. The molecule has 2 aliphatic rings. The number of amides is 2. The number of carbonyl (C=O) groups is 2. The van der Waals surface area contributed by atoms with Crippen LogP contribution in [-0.4, -0.2) is 30.4 Å². The van der Waals surface area contributed by atoms with Gasteiger partial charge in [0.1, 0.15) is 0 Å². The van der Waals surface area contributed by atoms with Gasteiger partial charge in [-0.2, -0.15) is 0 Å². The van der Waals surface area contributed by atoms with Gasteiger partial charge in [0.05, 0.1) is 6.04 Å². The van der Waals surface area contributed by atoms with Crippen LogP contribution in [0.2, 0.25) is 0 Å². The molecule has 1 aliphatic heterocycles. The Bertz CT molecular complexity index is 520. The third kappa shape index (κ3) is 3.17. The molecule has 1 saturated heterocycles. The van der Waals surface area contributed by atoms with Gasteiger partial charge < -0.3 is 16.0 Å². The second-order valence-corrected chi connectivity index (χ2v) is 5.47. The molecule has 1 aromatic rings. The Morgan fingerprint density at radius 3 is 2.75 bits per heavy atom. The van der Waals surface area contributed by atoms with Crippen LogP contribution in [0.25, 0.3) is 0 Å². The van der Waals surface area contributed by atoms with Crippen LogP contribution in [0.5, 0.6) is 0 Å². The van der Waals surface area contributed by atoms with Gasteiger partial charge in [0.25, 0.3) is 5.91 Å². The largest absolute Gasteiger partial charge is 0.349 e. The van der Waals surface area contributed by atoms with Crippen LogP contribution in [0.1, 0.15) is 36.0 Å². The van der Waals surface area contributed by atoms with Crippen LogP contribution in [0, 0.1) is 0 Å². The molecule has 20 heavy (non-hydrogen) atoms. The van der Waals surface area contributed by atoms with E-state index in [2.05, 4.69) is 16.0 Å². The quantitative estimate of drug-likeness (QED) is 0.773. The van der Waals surface area contributed by atoms with Gasteiger partial charge in [-0.05, 0) is 50.4 Å². The van der Waals surface area contributed by atoms with Crippen molar-refractivity contribution in [2.75, 3.05) is 11.9 Å². The lowest BCUT2D eigenvalue weighted by molar-refractivity contribution is -0.117. The predicted molar refractivity (Wildman–Crippen MR) is 76.6 cm³/mol. The minimum absolute atomic E-state index is 0.0257. The lowest BCUT2D eigenvalue weighted by atomic mass is 10.1. The molecule has 0 bridgehead atoms. The highest BCUT2D eigenvalue weighted by atomic mass is 16.2. The molecule has 1 atom stereocenters. The minimum Gasteiger partial charge on any atom is -0.349 e. The van der Waals surface area contributed by atoms with Crippen molar-refractivity contribution in [3.05, 3.63) is 29.8 Å². The molecule has 106 valence electrons. The average molecular weight is 273 g/mol. The van der Waals surface area contributed by atoms with E-state index in [-0.39, 0.29) is 17.9 Å². The molecule has 5 nitrogen and oxygen atoms in total. The summed E-state index contributed by atoms with van der Waals surface area (Å²) < 4.78 is 0. The van der Waals surface area contributed by atoms with E-state index in [0.29, 0.717) is 17.3 Å². The van der Waals surface area contributed by atoms with E-state index in [1.165, 1.54) is 0 Å². The van der Waals surface area contributed by atoms with Crippen molar-refractivity contribution in [1.82, 2.24) is 10.6 Å². The van der Waals surface area contributed by atoms with Crippen LogP contribution < -0.4 is 16.0 Å². The molecule has 2 amide bonds. The van der Waals surface area contributed by atoms with Crippen LogP contribution in [0.15, 0.2) is 24.3 Å². The summed E-state index contributed by atoms with van der Waals surface area (Å²) in [5, 5.41) is 8.97. The first kappa shape index (κ1) is 13.1. The Hall–Kier alpha value is -1.88. The Balaban J connectivity index is 1.63. The Kier molecular flexibility index (Phi) is 3.69. The maximum Gasteiger partial charge on any atom is 0.251 e. The van der Waals surface area contributed by atoms with Gasteiger partial charge in [0, 0.05) is 17.3 Å². The molecule has 2 fully saturated rings. The van der Waals surface area contributed by atoms with Crippen LogP contribution in [0.3, 0.4) is 0 Å². The predicted octanol–water partition coefficient (Wildman–Crippen LogP) is 1.27. The maximum atomic E-state index is 12.0. The molecule has 0 aromatic heterocycles. The normalized spacial score (nSPS) is 21.5. The zero-order valence-electron chi connectivity index (χ0n) is 11.3. The van der Waals surface area contributed by atoms with Crippen molar-refractivity contribution in [3.63, 3.8) is 0 Å². The van der Waals surface area contributed by atoms with Crippen molar-refractivity contribution in [2.24, 2.45) is 0 Å². The molecule has 3 rings (SSSR count). The highest BCUT2D eigenvalue weighted by molar-refractivity contribution is 5.98. The summed E-state index contributed by atoms with van der Waals surface area (Å²) >= 11 is 0. The van der Waals surface area contributed by atoms with E-state index in [1.807, 2.05) is 0 Å². The molecule has 0 radical (unpaired) electrons. The molecule has 5 heteroatoms. The van der Waals surface area contributed by atoms with Crippen molar-refractivity contribution in [1.29, 1.82) is 0 Å². The van der Waals surface area contributed by atoms with Gasteiger partial charge in [-0.15, -0.1) is 0 Å². The fraction of sp³-hybridized carbons (Fsp3) is 0.467. The average Bonchev–Trinajstić information content (AvgIpc) is 3.08. The van der Waals surface area contributed by atoms with Gasteiger partial charge in [-0.3, -0.25) is 9.59 Å². The smallest absolute Gasteiger partial charge is 0.251 e. The fourth-order valence-electron chi connectivity index (χ4n) is 2.37. The first-order valence-electron chi connectivity index (χ1n) is 7.17. The highest BCUT2D eigenvalue weighted by Gasteiger charge is 2.24. The number of hydrogen-bond acceptors (Lipinski definition) is 3. The van der Waals surface area contributed by atoms with Crippen molar-refractivity contribution < 1.29 is 9.59 Å². The summed E-state index contributed by atoms with van der Waals surface area (Å²) in [5.74, 6) is -0.0927. The number of benzene rings is 1. The first-order valence-corrected chi connectivity index (χ1v) is 7.17. The summed E-state index contributed by atoms with van der Waals surface area (Å²) in [6.07, 6.45) is 4.03. The summed E-state index contributed by atoms with van der Waals surface area (Å²) in [6.45, 7) is 0.891. The molecule has 1 saturated carbocycles. The minimum atomic E-state index is -0.112. The summed E-state index contributed by atoms with van der Waals surface area (Å²) in [7, 11) is 0. The molecular formula is C15H19N3O2. The van der Waals surface area contributed by atoms with E-state index < -0.39 is 0 Å². The molecule has 1 heterocycles. The van der Waals surface area contributed by atoms with E-state index in [1.54, 1.807) is 24.3 Å². The van der Waals surface area contributed by atoms with Crippen molar-refractivity contribution in [3.8, 4) is 0 Å². The topological polar surface area (TPSA) is 70.2 Å². The zero-order chi connectivity index (χ0) is 13.9. The number of anilines is 1.